The molecule has 0 aromatic carbocycles. The lowest BCUT2D eigenvalue weighted by Crippen LogP contribution is -2.34. The minimum Gasteiger partial charge on any atom is -0.334 e. The molecule has 1 fully saturated rings. The summed E-state index contributed by atoms with van der Waals surface area (Å²) in [6, 6.07) is 0.324. The summed E-state index contributed by atoms with van der Waals surface area (Å²) in [5.74, 6) is 0.390. The minimum atomic E-state index is 0.0443. The van der Waals surface area contributed by atoms with E-state index in [1.54, 1.807) is 0 Å². The summed E-state index contributed by atoms with van der Waals surface area (Å²) in [5, 5.41) is 2.84. The van der Waals surface area contributed by atoms with Crippen molar-refractivity contribution in [3.05, 3.63) is 0 Å². The molecule has 1 rings (SSSR count). The summed E-state index contributed by atoms with van der Waals surface area (Å²) in [5.41, 5.74) is 5.47. The predicted octanol–water partition coefficient (Wildman–Crippen LogP) is -0.00510. The van der Waals surface area contributed by atoms with Crippen LogP contribution in [0.1, 0.15) is 13.8 Å². The van der Waals surface area contributed by atoms with Gasteiger partial charge in [0.1, 0.15) is 0 Å². The van der Waals surface area contributed by atoms with Gasteiger partial charge in [0.2, 0.25) is 0 Å². The molecular weight excluding hydrogens is 154 g/mol. The van der Waals surface area contributed by atoms with Crippen LogP contribution in [0.5, 0.6) is 0 Å². The van der Waals surface area contributed by atoms with E-state index in [1.165, 1.54) is 0 Å². The second-order valence-corrected chi connectivity index (χ2v) is 3.60. The summed E-state index contributed by atoms with van der Waals surface area (Å²) in [6.07, 6.45) is 0. The molecule has 12 heavy (non-hydrogen) atoms. The highest BCUT2D eigenvalue weighted by atomic mass is 16.2. The zero-order valence-corrected chi connectivity index (χ0v) is 7.71. The van der Waals surface area contributed by atoms with Crippen LogP contribution in [-0.4, -0.2) is 36.6 Å². The van der Waals surface area contributed by atoms with Crippen LogP contribution in [0.25, 0.3) is 0 Å². The number of carbonyl (C=O) groups excluding carboxylic acids is 1. The van der Waals surface area contributed by atoms with Gasteiger partial charge in [0.25, 0.3) is 0 Å². The molecule has 0 saturated carbocycles. The van der Waals surface area contributed by atoms with Crippen molar-refractivity contribution < 1.29 is 4.79 Å². The second kappa shape index (κ2) is 3.76. The molecular formula is C8H17N3O. The molecule has 1 aliphatic rings. The van der Waals surface area contributed by atoms with E-state index in [1.807, 2.05) is 11.8 Å². The molecule has 4 nitrogen and oxygen atoms in total. The van der Waals surface area contributed by atoms with Gasteiger partial charge in [-0.05, 0) is 19.4 Å². The molecule has 2 unspecified atom stereocenters. The lowest BCUT2D eigenvalue weighted by molar-refractivity contribution is 0.211. The zero-order chi connectivity index (χ0) is 9.14. The van der Waals surface area contributed by atoms with Crippen LogP contribution >= 0.6 is 0 Å². The van der Waals surface area contributed by atoms with Crippen molar-refractivity contribution in [3.8, 4) is 0 Å². The number of amides is 2. The number of nitrogens with zero attached hydrogens (tertiary/aromatic N) is 1. The molecule has 2 amide bonds. The van der Waals surface area contributed by atoms with Gasteiger partial charge in [0.05, 0.1) is 0 Å². The highest BCUT2D eigenvalue weighted by molar-refractivity contribution is 5.76. The smallest absolute Gasteiger partial charge is 0.317 e. The number of rotatable bonds is 3. The minimum absolute atomic E-state index is 0.0443. The van der Waals surface area contributed by atoms with Crippen LogP contribution in [0.15, 0.2) is 0 Å². The SMILES string of the molecule is CC(CN)CN1CC(C)NC1=O. The maximum Gasteiger partial charge on any atom is 0.317 e. The van der Waals surface area contributed by atoms with Crippen molar-refractivity contribution >= 4 is 6.03 Å². The maximum atomic E-state index is 11.2. The summed E-state index contributed by atoms with van der Waals surface area (Å²) in [7, 11) is 0. The van der Waals surface area contributed by atoms with Crippen LogP contribution in [0.2, 0.25) is 0 Å². The topological polar surface area (TPSA) is 58.4 Å². The monoisotopic (exact) mass is 171 g/mol. The van der Waals surface area contributed by atoms with E-state index in [4.69, 9.17) is 5.73 Å². The molecule has 0 bridgehead atoms. The summed E-state index contributed by atoms with van der Waals surface area (Å²) >= 11 is 0. The van der Waals surface area contributed by atoms with Gasteiger partial charge in [-0.25, -0.2) is 4.79 Å². The largest absolute Gasteiger partial charge is 0.334 e. The number of hydrogen-bond acceptors (Lipinski definition) is 2. The van der Waals surface area contributed by atoms with Crippen molar-refractivity contribution in [1.82, 2.24) is 10.2 Å². The van der Waals surface area contributed by atoms with Crippen molar-refractivity contribution in [2.75, 3.05) is 19.6 Å². The Morgan fingerprint density at radius 3 is 2.92 bits per heavy atom. The number of nitrogens with two attached hydrogens (primary N) is 1. The summed E-state index contributed by atoms with van der Waals surface area (Å²) in [4.78, 5) is 13.0. The molecule has 2 atom stereocenters. The third kappa shape index (κ3) is 2.11. The van der Waals surface area contributed by atoms with E-state index in [0.29, 0.717) is 12.5 Å². The summed E-state index contributed by atoms with van der Waals surface area (Å²) < 4.78 is 0. The quantitative estimate of drug-likeness (QED) is 0.627. The molecule has 1 saturated heterocycles. The first-order valence-electron chi connectivity index (χ1n) is 4.39. The Balaban J connectivity index is 2.37. The lowest BCUT2D eigenvalue weighted by Gasteiger charge is -2.18. The van der Waals surface area contributed by atoms with Gasteiger partial charge in [0.15, 0.2) is 0 Å². The van der Waals surface area contributed by atoms with Gasteiger partial charge in [0, 0.05) is 19.1 Å². The fraction of sp³-hybridized carbons (Fsp3) is 0.875. The maximum absolute atomic E-state index is 11.2. The van der Waals surface area contributed by atoms with Crippen LogP contribution in [-0.2, 0) is 0 Å². The number of carbonyl (C=O) groups is 1. The van der Waals surface area contributed by atoms with Crippen LogP contribution in [0.3, 0.4) is 0 Å². The standard InChI is InChI=1S/C8H17N3O/c1-6(3-9)4-11-5-7(2)10-8(11)12/h6-7H,3-5,9H2,1-2H3,(H,10,12). The highest BCUT2D eigenvalue weighted by Gasteiger charge is 2.25. The molecule has 4 heteroatoms. The molecule has 1 heterocycles. The molecule has 1 aliphatic heterocycles. The van der Waals surface area contributed by atoms with Crippen LogP contribution in [0, 0.1) is 5.92 Å². The van der Waals surface area contributed by atoms with Gasteiger partial charge in [-0.2, -0.15) is 0 Å². The van der Waals surface area contributed by atoms with Gasteiger partial charge in [-0.3, -0.25) is 0 Å². The zero-order valence-electron chi connectivity index (χ0n) is 7.71. The fourth-order valence-corrected chi connectivity index (χ4v) is 1.37. The number of hydrogen-bond donors (Lipinski definition) is 2. The first-order valence-corrected chi connectivity index (χ1v) is 4.39. The Bertz CT molecular complexity index is 172. The van der Waals surface area contributed by atoms with Crippen molar-refractivity contribution in [3.63, 3.8) is 0 Å². The van der Waals surface area contributed by atoms with Gasteiger partial charge >= 0.3 is 6.03 Å². The van der Waals surface area contributed by atoms with Crippen molar-refractivity contribution in [2.24, 2.45) is 11.7 Å². The fourth-order valence-electron chi connectivity index (χ4n) is 1.37. The normalized spacial score (nSPS) is 25.8. The van der Waals surface area contributed by atoms with E-state index in [0.717, 1.165) is 13.1 Å². The number of nitrogens with one attached hydrogen (secondary N) is 1. The molecule has 0 radical (unpaired) electrons. The van der Waals surface area contributed by atoms with E-state index in [-0.39, 0.29) is 12.1 Å². The summed E-state index contributed by atoms with van der Waals surface area (Å²) in [6.45, 7) is 6.27. The Labute approximate surface area is 73.1 Å². The average Bonchev–Trinajstić information content (AvgIpc) is 2.30. The van der Waals surface area contributed by atoms with Crippen LogP contribution < -0.4 is 11.1 Å². The molecule has 3 N–H and O–H groups in total. The van der Waals surface area contributed by atoms with E-state index in [9.17, 15) is 4.79 Å². The van der Waals surface area contributed by atoms with Gasteiger partial charge < -0.3 is 16.0 Å². The second-order valence-electron chi connectivity index (χ2n) is 3.60. The van der Waals surface area contributed by atoms with Gasteiger partial charge in [-0.15, -0.1) is 0 Å². The molecule has 0 aromatic heterocycles. The predicted molar refractivity (Wildman–Crippen MR) is 47.8 cm³/mol. The van der Waals surface area contributed by atoms with Gasteiger partial charge in [-0.1, -0.05) is 6.92 Å². The van der Waals surface area contributed by atoms with E-state index < -0.39 is 0 Å². The molecule has 0 aliphatic carbocycles. The molecule has 0 aromatic rings. The third-order valence-corrected chi connectivity index (χ3v) is 2.09. The number of urea groups is 1. The van der Waals surface area contributed by atoms with Crippen LogP contribution in [0.4, 0.5) is 4.79 Å². The van der Waals surface area contributed by atoms with E-state index in [2.05, 4.69) is 12.2 Å². The first kappa shape index (κ1) is 9.32. The van der Waals surface area contributed by atoms with Crippen molar-refractivity contribution in [1.29, 1.82) is 0 Å². The molecule has 70 valence electrons. The lowest BCUT2D eigenvalue weighted by atomic mass is 10.2. The first-order chi connectivity index (χ1) is 5.63. The Morgan fingerprint density at radius 1 is 1.83 bits per heavy atom. The third-order valence-electron chi connectivity index (χ3n) is 2.09. The van der Waals surface area contributed by atoms with Crippen molar-refractivity contribution in [2.45, 2.75) is 19.9 Å². The Kier molecular flexibility index (Phi) is 2.92. The average molecular weight is 171 g/mol. The van der Waals surface area contributed by atoms with E-state index >= 15 is 0 Å². The highest BCUT2D eigenvalue weighted by Crippen LogP contribution is 2.06. The Hall–Kier alpha value is -0.770. The Morgan fingerprint density at radius 2 is 2.50 bits per heavy atom. The molecule has 0 spiro atoms.